The van der Waals surface area contributed by atoms with Gasteiger partial charge in [-0.2, -0.15) is 11.8 Å². The van der Waals surface area contributed by atoms with Crippen LogP contribution in [0.4, 0.5) is 0 Å². The number of carboxylic acids is 1. The smallest absolute Gasteiger partial charge is 0.310 e. The molecule has 0 aliphatic carbocycles. The molecule has 0 saturated carbocycles. The first-order valence-corrected chi connectivity index (χ1v) is 8.03. The summed E-state index contributed by atoms with van der Waals surface area (Å²) in [5.74, 6) is 1.34. The third kappa shape index (κ3) is 3.19. The van der Waals surface area contributed by atoms with E-state index in [2.05, 4.69) is 11.8 Å². The van der Waals surface area contributed by atoms with Gasteiger partial charge < -0.3 is 9.84 Å². The largest absolute Gasteiger partial charge is 0.481 e. The number of ether oxygens (including phenoxy) is 1. The van der Waals surface area contributed by atoms with Crippen LogP contribution in [0.25, 0.3) is 0 Å². The summed E-state index contributed by atoms with van der Waals surface area (Å²) in [7, 11) is 0. The van der Waals surface area contributed by atoms with Gasteiger partial charge in [-0.15, -0.1) is 0 Å². The minimum atomic E-state index is -0.706. The van der Waals surface area contributed by atoms with Crippen molar-refractivity contribution in [3.8, 4) is 0 Å². The van der Waals surface area contributed by atoms with Crippen LogP contribution >= 0.6 is 11.8 Å². The molecule has 0 spiro atoms. The van der Waals surface area contributed by atoms with Crippen molar-refractivity contribution < 1.29 is 14.6 Å². The van der Waals surface area contributed by atoms with Crippen LogP contribution in [0.3, 0.4) is 0 Å². The van der Waals surface area contributed by atoms with Crippen molar-refractivity contribution in [3.05, 3.63) is 0 Å². The highest BCUT2D eigenvalue weighted by atomic mass is 32.2. The Morgan fingerprint density at radius 1 is 1.50 bits per heavy atom. The maximum atomic E-state index is 11.3. The Morgan fingerprint density at radius 3 is 2.94 bits per heavy atom. The van der Waals surface area contributed by atoms with E-state index in [9.17, 15) is 9.90 Å². The van der Waals surface area contributed by atoms with Crippen LogP contribution in [-0.4, -0.2) is 59.3 Å². The minimum absolute atomic E-state index is 0.0751. The van der Waals surface area contributed by atoms with Crippen molar-refractivity contribution in [1.29, 1.82) is 0 Å². The normalized spacial score (nSPS) is 32.9. The van der Waals surface area contributed by atoms with Crippen molar-refractivity contribution in [1.82, 2.24) is 4.90 Å². The first-order valence-electron chi connectivity index (χ1n) is 6.88. The van der Waals surface area contributed by atoms with Gasteiger partial charge in [-0.05, 0) is 31.6 Å². The second kappa shape index (κ2) is 6.78. The summed E-state index contributed by atoms with van der Waals surface area (Å²) in [6.07, 6.45) is 3.53. The number of carbonyl (C=O) groups is 1. The lowest BCUT2D eigenvalue weighted by Gasteiger charge is -2.38. The van der Waals surface area contributed by atoms with Crippen LogP contribution in [0.15, 0.2) is 0 Å². The molecule has 18 heavy (non-hydrogen) atoms. The van der Waals surface area contributed by atoms with E-state index in [1.165, 1.54) is 18.6 Å². The van der Waals surface area contributed by atoms with Crippen LogP contribution < -0.4 is 0 Å². The number of nitrogens with zero attached hydrogens (tertiary/aromatic N) is 1. The lowest BCUT2D eigenvalue weighted by atomic mass is 9.99. The van der Waals surface area contributed by atoms with Crippen molar-refractivity contribution >= 4 is 17.7 Å². The van der Waals surface area contributed by atoms with Crippen LogP contribution in [-0.2, 0) is 9.53 Å². The van der Waals surface area contributed by atoms with Gasteiger partial charge in [-0.1, -0.05) is 6.92 Å². The molecule has 2 fully saturated rings. The van der Waals surface area contributed by atoms with Gasteiger partial charge in [0.25, 0.3) is 0 Å². The maximum Gasteiger partial charge on any atom is 0.310 e. The van der Waals surface area contributed by atoms with E-state index in [1.54, 1.807) is 0 Å². The molecule has 1 N–H and O–H groups in total. The fourth-order valence-corrected chi connectivity index (χ4v) is 4.14. The summed E-state index contributed by atoms with van der Waals surface area (Å²) in [5, 5.41) is 9.29. The summed E-state index contributed by atoms with van der Waals surface area (Å²) in [6.45, 7) is 4.11. The van der Waals surface area contributed by atoms with Gasteiger partial charge in [0, 0.05) is 17.8 Å². The molecule has 3 atom stereocenters. The van der Waals surface area contributed by atoms with Crippen molar-refractivity contribution in [2.45, 2.75) is 38.3 Å². The molecule has 2 aliphatic rings. The topological polar surface area (TPSA) is 49.8 Å². The molecule has 3 unspecified atom stereocenters. The fourth-order valence-electron chi connectivity index (χ4n) is 2.97. The minimum Gasteiger partial charge on any atom is -0.481 e. The van der Waals surface area contributed by atoms with E-state index in [-0.39, 0.29) is 12.0 Å². The summed E-state index contributed by atoms with van der Waals surface area (Å²) in [6, 6.07) is 0.614. The molecule has 4 nitrogen and oxygen atoms in total. The lowest BCUT2D eigenvalue weighted by Crippen LogP contribution is -2.50. The first-order chi connectivity index (χ1) is 8.74. The number of aliphatic carboxylic acids is 1. The van der Waals surface area contributed by atoms with Gasteiger partial charge >= 0.3 is 5.97 Å². The quantitative estimate of drug-likeness (QED) is 0.826. The van der Waals surface area contributed by atoms with Crippen LogP contribution in [0.1, 0.15) is 26.2 Å². The third-order valence-electron chi connectivity index (χ3n) is 3.88. The zero-order valence-electron chi connectivity index (χ0n) is 11.0. The third-order valence-corrected chi connectivity index (χ3v) is 5.08. The predicted molar refractivity (Wildman–Crippen MR) is 73.1 cm³/mol. The Balaban J connectivity index is 2.05. The highest BCUT2D eigenvalue weighted by Crippen LogP contribution is 2.28. The van der Waals surface area contributed by atoms with Crippen molar-refractivity contribution in [2.75, 3.05) is 31.3 Å². The average molecular weight is 273 g/mol. The average Bonchev–Trinajstić information content (AvgIpc) is 2.86. The SMILES string of the molecule is CCCN(C1CCCSC1)C1COCC1C(=O)O. The number of rotatable bonds is 5. The van der Waals surface area contributed by atoms with Gasteiger partial charge in [-0.25, -0.2) is 0 Å². The molecule has 0 aromatic carbocycles. The number of carboxylic acid groups (broad SMARTS) is 1. The Labute approximate surface area is 113 Å². The molecule has 0 aromatic heterocycles. The Bertz CT molecular complexity index is 281. The van der Waals surface area contributed by atoms with E-state index in [0.29, 0.717) is 19.3 Å². The maximum absolute atomic E-state index is 11.3. The highest BCUT2D eigenvalue weighted by Gasteiger charge is 2.40. The number of hydrogen-bond donors (Lipinski definition) is 1. The predicted octanol–water partition coefficient (Wildman–Crippen LogP) is 1.69. The van der Waals surface area contributed by atoms with Gasteiger partial charge in [0.15, 0.2) is 0 Å². The van der Waals surface area contributed by atoms with Crippen molar-refractivity contribution in [3.63, 3.8) is 0 Å². The van der Waals surface area contributed by atoms with Gasteiger partial charge in [0.2, 0.25) is 0 Å². The molecule has 2 aliphatic heterocycles. The van der Waals surface area contributed by atoms with Crippen LogP contribution in [0.2, 0.25) is 0 Å². The second-order valence-electron chi connectivity index (χ2n) is 5.16. The Morgan fingerprint density at radius 2 is 2.33 bits per heavy atom. The summed E-state index contributed by atoms with van der Waals surface area (Å²) in [4.78, 5) is 13.7. The van der Waals surface area contributed by atoms with E-state index >= 15 is 0 Å². The molecule has 0 bridgehead atoms. The van der Waals surface area contributed by atoms with Crippen molar-refractivity contribution in [2.24, 2.45) is 5.92 Å². The molecule has 0 aromatic rings. The molecule has 2 saturated heterocycles. The fraction of sp³-hybridized carbons (Fsp3) is 0.923. The zero-order valence-corrected chi connectivity index (χ0v) is 11.8. The Hall–Kier alpha value is -0.260. The highest BCUT2D eigenvalue weighted by molar-refractivity contribution is 7.99. The molecule has 0 radical (unpaired) electrons. The summed E-state index contributed by atoms with van der Waals surface area (Å²) >= 11 is 2.00. The molecule has 2 rings (SSSR count). The molecular weight excluding hydrogens is 250 g/mol. The van der Waals surface area contributed by atoms with E-state index in [1.807, 2.05) is 11.8 Å². The lowest BCUT2D eigenvalue weighted by molar-refractivity contribution is -0.143. The van der Waals surface area contributed by atoms with Crippen LogP contribution in [0.5, 0.6) is 0 Å². The number of hydrogen-bond acceptors (Lipinski definition) is 4. The standard InChI is InChI=1S/C13H23NO3S/c1-2-5-14(10-4-3-6-18-9-10)12-8-17-7-11(12)13(15)16/h10-12H,2-9H2,1H3,(H,15,16). The molecule has 5 heteroatoms. The number of thioether (sulfide) groups is 1. The molecule has 104 valence electrons. The monoisotopic (exact) mass is 273 g/mol. The van der Waals surface area contributed by atoms with E-state index < -0.39 is 5.97 Å². The van der Waals surface area contributed by atoms with Gasteiger partial charge in [0.1, 0.15) is 0 Å². The first kappa shape index (κ1) is 14.2. The van der Waals surface area contributed by atoms with Gasteiger partial charge in [0.05, 0.1) is 19.1 Å². The summed E-state index contributed by atoms with van der Waals surface area (Å²) in [5.41, 5.74) is 0. The molecule has 2 heterocycles. The Kier molecular flexibility index (Phi) is 5.33. The summed E-state index contributed by atoms with van der Waals surface area (Å²) < 4.78 is 5.42. The zero-order chi connectivity index (χ0) is 13.0. The second-order valence-corrected chi connectivity index (χ2v) is 6.31. The van der Waals surface area contributed by atoms with E-state index in [4.69, 9.17) is 4.74 Å². The van der Waals surface area contributed by atoms with Gasteiger partial charge in [-0.3, -0.25) is 9.69 Å². The van der Waals surface area contributed by atoms with E-state index in [0.717, 1.165) is 18.7 Å². The van der Waals surface area contributed by atoms with Crippen LogP contribution in [0, 0.1) is 5.92 Å². The molecule has 0 amide bonds. The molecular formula is C13H23NO3S.